The van der Waals surface area contributed by atoms with E-state index < -0.39 is 0 Å². The molecule has 136 valence electrons. The summed E-state index contributed by atoms with van der Waals surface area (Å²) < 4.78 is 8.32. The van der Waals surface area contributed by atoms with Crippen LogP contribution in [0.15, 0.2) is 65.0 Å². The molecule has 0 amide bonds. The van der Waals surface area contributed by atoms with Crippen LogP contribution in [0.1, 0.15) is 12.8 Å². The first-order chi connectivity index (χ1) is 12.7. The Balaban J connectivity index is 1.58. The Bertz CT molecular complexity index is 856. The Kier molecular flexibility index (Phi) is 6.89. The molecule has 3 rings (SSSR count). The molecule has 0 unspecified atom stereocenters. The smallest absolute Gasteiger partial charge is 0.120 e. The van der Waals surface area contributed by atoms with E-state index in [1.54, 1.807) is 11.3 Å². The maximum Gasteiger partial charge on any atom is 0.120 e. The van der Waals surface area contributed by atoms with Crippen LogP contribution in [-0.4, -0.2) is 31.6 Å². The van der Waals surface area contributed by atoms with Gasteiger partial charge in [0.2, 0.25) is 0 Å². The quantitative estimate of drug-likeness (QED) is 0.280. The van der Waals surface area contributed by atoms with Crippen LogP contribution in [0, 0.1) is 0 Å². The number of halogens is 1. The van der Waals surface area contributed by atoms with E-state index in [2.05, 4.69) is 82.3 Å². The van der Waals surface area contributed by atoms with Crippen LogP contribution in [0.4, 0.5) is 0 Å². The van der Waals surface area contributed by atoms with Crippen LogP contribution in [0.25, 0.3) is 21.2 Å². The number of likely N-dealkylation sites (N-methyl/N-ethyl adjacent to an activating group) is 1. The molecule has 0 N–H and O–H groups in total. The summed E-state index contributed by atoms with van der Waals surface area (Å²) in [5, 5.41) is 3.52. The van der Waals surface area contributed by atoms with Crippen molar-refractivity contribution in [3.05, 3.63) is 65.0 Å². The highest BCUT2D eigenvalue weighted by Gasteiger charge is 2.08. The average Bonchev–Trinajstić information content (AvgIpc) is 3.05. The van der Waals surface area contributed by atoms with E-state index in [1.807, 2.05) is 6.08 Å². The fourth-order valence-corrected chi connectivity index (χ4v) is 4.20. The van der Waals surface area contributed by atoms with E-state index in [0.717, 1.165) is 42.8 Å². The molecule has 0 aliphatic heterocycles. The second-order valence-corrected chi connectivity index (χ2v) is 8.25. The van der Waals surface area contributed by atoms with Gasteiger partial charge in [0, 0.05) is 26.7 Å². The zero-order chi connectivity index (χ0) is 18.4. The molecule has 0 saturated heterocycles. The summed E-state index contributed by atoms with van der Waals surface area (Å²) in [6, 6.07) is 14.9. The maximum absolute atomic E-state index is 5.95. The number of fused-ring (bicyclic) bond motifs is 1. The molecule has 2 nitrogen and oxygen atoms in total. The molecule has 0 aliphatic carbocycles. The van der Waals surface area contributed by atoms with Gasteiger partial charge < -0.3 is 9.64 Å². The first kappa shape index (κ1) is 19.2. The number of unbranched alkanes of at least 4 members (excludes halogenated alkanes) is 1. The molecular formula is C22H24BrNOS. The summed E-state index contributed by atoms with van der Waals surface area (Å²) in [4.78, 5) is 2.27. The van der Waals surface area contributed by atoms with Gasteiger partial charge in [-0.05, 0) is 67.7 Å². The predicted octanol–water partition coefficient (Wildman–Crippen LogP) is 6.61. The molecule has 0 radical (unpaired) electrons. The number of nitrogens with zero attached hydrogens (tertiary/aromatic N) is 1. The second kappa shape index (κ2) is 9.36. The molecule has 2 aromatic carbocycles. The zero-order valence-electron chi connectivity index (χ0n) is 15.1. The molecule has 0 spiro atoms. The van der Waals surface area contributed by atoms with E-state index in [0.29, 0.717) is 0 Å². The van der Waals surface area contributed by atoms with Crippen molar-refractivity contribution in [2.45, 2.75) is 12.8 Å². The van der Waals surface area contributed by atoms with E-state index >= 15 is 0 Å². The van der Waals surface area contributed by atoms with Crippen molar-refractivity contribution in [1.82, 2.24) is 4.90 Å². The van der Waals surface area contributed by atoms with Gasteiger partial charge in [-0.25, -0.2) is 0 Å². The third-order valence-corrected chi connectivity index (χ3v) is 5.82. The molecule has 0 fully saturated rings. The molecule has 3 aromatic rings. The summed E-state index contributed by atoms with van der Waals surface area (Å²) in [7, 11) is 2.12. The zero-order valence-corrected chi connectivity index (χ0v) is 17.5. The van der Waals surface area contributed by atoms with Gasteiger partial charge >= 0.3 is 0 Å². The van der Waals surface area contributed by atoms with Gasteiger partial charge in [0.05, 0.1) is 6.61 Å². The number of benzene rings is 2. The summed E-state index contributed by atoms with van der Waals surface area (Å²) in [5.41, 5.74) is 2.53. The van der Waals surface area contributed by atoms with E-state index in [9.17, 15) is 0 Å². The summed E-state index contributed by atoms with van der Waals surface area (Å²) in [6.07, 6.45) is 4.14. The van der Waals surface area contributed by atoms with E-state index in [-0.39, 0.29) is 0 Å². The molecule has 0 bridgehead atoms. The fourth-order valence-electron chi connectivity index (χ4n) is 2.94. The molecule has 4 heteroatoms. The van der Waals surface area contributed by atoms with E-state index in [4.69, 9.17) is 4.74 Å². The molecular weight excluding hydrogens is 406 g/mol. The van der Waals surface area contributed by atoms with Crippen molar-refractivity contribution in [3.8, 4) is 16.9 Å². The summed E-state index contributed by atoms with van der Waals surface area (Å²) in [6.45, 7) is 6.55. The normalized spacial score (nSPS) is 11.2. The van der Waals surface area contributed by atoms with Crippen LogP contribution in [0.3, 0.4) is 0 Å². The average molecular weight is 430 g/mol. The number of thiophene rings is 1. The Morgan fingerprint density at radius 2 is 1.96 bits per heavy atom. The van der Waals surface area contributed by atoms with Crippen molar-refractivity contribution in [3.63, 3.8) is 0 Å². The van der Waals surface area contributed by atoms with Crippen molar-refractivity contribution < 1.29 is 4.74 Å². The minimum atomic E-state index is 0.762. The van der Waals surface area contributed by atoms with Crippen LogP contribution < -0.4 is 4.74 Å². The lowest BCUT2D eigenvalue weighted by atomic mass is 10.1. The lowest BCUT2D eigenvalue weighted by Gasteiger charge is -2.13. The highest BCUT2D eigenvalue weighted by molar-refractivity contribution is 9.10. The minimum absolute atomic E-state index is 0.762. The minimum Gasteiger partial charge on any atom is -0.494 e. The number of hydrogen-bond acceptors (Lipinski definition) is 3. The molecule has 26 heavy (non-hydrogen) atoms. The largest absolute Gasteiger partial charge is 0.494 e. The molecule has 1 heterocycles. The number of ether oxygens (including phenoxy) is 1. The SMILES string of the molecule is C=CCN(C)CCCCOc1ccc2c(-c3ccc(Br)cc3)csc2c1. The lowest BCUT2D eigenvalue weighted by molar-refractivity contribution is 0.288. The van der Waals surface area contributed by atoms with Crippen LogP contribution in [0.2, 0.25) is 0 Å². The van der Waals surface area contributed by atoms with Crippen LogP contribution >= 0.6 is 27.3 Å². The monoisotopic (exact) mass is 429 g/mol. The highest BCUT2D eigenvalue weighted by atomic mass is 79.9. The number of rotatable bonds is 9. The standard InChI is InChI=1S/C22H24BrNOS/c1-3-12-24(2)13-4-5-14-25-19-10-11-20-21(16-26-22(20)15-19)17-6-8-18(23)9-7-17/h3,6-11,15-16H,1,4-5,12-14H2,2H3. The number of hydrogen-bond donors (Lipinski definition) is 0. The third-order valence-electron chi connectivity index (χ3n) is 4.35. The molecule has 0 saturated carbocycles. The Labute approximate surface area is 168 Å². The molecule has 1 aromatic heterocycles. The lowest BCUT2D eigenvalue weighted by Crippen LogP contribution is -2.19. The summed E-state index contributed by atoms with van der Waals surface area (Å²) >= 11 is 5.27. The first-order valence-electron chi connectivity index (χ1n) is 8.87. The van der Waals surface area contributed by atoms with Gasteiger partial charge in [-0.2, -0.15) is 0 Å². The third kappa shape index (κ3) is 4.97. The van der Waals surface area contributed by atoms with Gasteiger partial charge in [-0.3, -0.25) is 0 Å². The topological polar surface area (TPSA) is 12.5 Å². The Morgan fingerprint density at radius 3 is 2.73 bits per heavy atom. The predicted molar refractivity (Wildman–Crippen MR) is 117 cm³/mol. The van der Waals surface area contributed by atoms with Gasteiger partial charge in [0.25, 0.3) is 0 Å². The van der Waals surface area contributed by atoms with Crippen molar-refractivity contribution >= 4 is 37.4 Å². The summed E-state index contributed by atoms with van der Waals surface area (Å²) in [5.74, 6) is 0.959. The Hall–Kier alpha value is -1.62. The maximum atomic E-state index is 5.95. The van der Waals surface area contributed by atoms with Gasteiger partial charge in [-0.1, -0.05) is 34.1 Å². The molecule has 0 aliphatic rings. The Morgan fingerprint density at radius 1 is 1.15 bits per heavy atom. The van der Waals surface area contributed by atoms with Gasteiger partial charge in [-0.15, -0.1) is 17.9 Å². The van der Waals surface area contributed by atoms with Crippen molar-refractivity contribution in [1.29, 1.82) is 0 Å². The molecule has 0 atom stereocenters. The van der Waals surface area contributed by atoms with Gasteiger partial charge in [0.15, 0.2) is 0 Å². The first-order valence-corrected chi connectivity index (χ1v) is 10.5. The van der Waals surface area contributed by atoms with Crippen molar-refractivity contribution in [2.24, 2.45) is 0 Å². The highest BCUT2D eigenvalue weighted by Crippen LogP contribution is 2.36. The second-order valence-electron chi connectivity index (χ2n) is 6.42. The fraction of sp³-hybridized carbons (Fsp3) is 0.273. The van der Waals surface area contributed by atoms with Crippen LogP contribution in [0.5, 0.6) is 5.75 Å². The van der Waals surface area contributed by atoms with Crippen molar-refractivity contribution in [2.75, 3.05) is 26.7 Å². The van der Waals surface area contributed by atoms with Gasteiger partial charge in [0.1, 0.15) is 5.75 Å². The van der Waals surface area contributed by atoms with E-state index in [1.165, 1.54) is 21.2 Å². The van der Waals surface area contributed by atoms with Crippen LogP contribution in [-0.2, 0) is 0 Å².